The number of rotatable bonds is 6. The fourth-order valence-corrected chi connectivity index (χ4v) is 2.61. The van der Waals surface area contributed by atoms with Crippen LogP contribution in [0.5, 0.6) is 0 Å². The van der Waals surface area contributed by atoms with Crippen LogP contribution in [0, 0.1) is 16.0 Å². The van der Waals surface area contributed by atoms with Crippen LogP contribution in [0.15, 0.2) is 24.3 Å². The van der Waals surface area contributed by atoms with E-state index in [-0.39, 0.29) is 23.9 Å². The maximum Gasteiger partial charge on any atom is 0.307 e. The van der Waals surface area contributed by atoms with Gasteiger partial charge in [0.25, 0.3) is 5.69 Å². The third-order valence-electron chi connectivity index (χ3n) is 3.87. The number of carboxylic acids is 1. The number of carbonyl (C=O) groups is 2. The summed E-state index contributed by atoms with van der Waals surface area (Å²) in [6.45, 7) is 1.78. The smallest absolute Gasteiger partial charge is 0.307 e. The van der Waals surface area contributed by atoms with Crippen molar-refractivity contribution in [2.24, 2.45) is 5.92 Å². The molecule has 0 aromatic heterocycles. The van der Waals surface area contributed by atoms with E-state index in [0.717, 1.165) is 13.0 Å². The molecular formula is C15H19N3O5. The van der Waals surface area contributed by atoms with Crippen molar-refractivity contribution in [3.63, 3.8) is 0 Å². The quantitative estimate of drug-likeness (QED) is 0.609. The molecule has 1 amide bonds. The molecular weight excluding hydrogens is 302 g/mol. The molecule has 1 saturated heterocycles. The summed E-state index contributed by atoms with van der Waals surface area (Å²) < 4.78 is 0. The van der Waals surface area contributed by atoms with E-state index in [2.05, 4.69) is 5.32 Å². The van der Waals surface area contributed by atoms with Crippen molar-refractivity contribution in [3.05, 3.63) is 34.4 Å². The summed E-state index contributed by atoms with van der Waals surface area (Å²) in [5.74, 6) is -1.34. The average Bonchev–Trinajstić information content (AvgIpc) is 2.53. The van der Waals surface area contributed by atoms with Gasteiger partial charge in [-0.1, -0.05) is 0 Å². The summed E-state index contributed by atoms with van der Waals surface area (Å²) in [6.07, 6.45) is 1.76. The Morgan fingerprint density at radius 2 is 2.04 bits per heavy atom. The molecule has 1 aromatic rings. The number of nitrogens with one attached hydrogen (secondary N) is 1. The standard InChI is InChI=1S/C15H19N3O5/c19-14(16-12-3-5-13(6-4-12)18(22)23)7-9-17-8-1-2-11(10-17)15(20)21/h3-6,11H,1-2,7-10H2,(H,16,19)(H,20,21). The largest absolute Gasteiger partial charge is 0.481 e. The van der Waals surface area contributed by atoms with Crippen LogP contribution in [-0.2, 0) is 9.59 Å². The summed E-state index contributed by atoms with van der Waals surface area (Å²) in [4.78, 5) is 34.9. The van der Waals surface area contributed by atoms with Crippen LogP contribution in [0.4, 0.5) is 11.4 Å². The third kappa shape index (κ3) is 5.03. The topological polar surface area (TPSA) is 113 Å². The van der Waals surface area contributed by atoms with Crippen molar-refractivity contribution < 1.29 is 19.6 Å². The summed E-state index contributed by atoms with van der Waals surface area (Å²) in [5, 5.41) is 22.3. The van der Waals surface area contributed by atoms with Crippen LogP contribution in [0.2, 0.25) is 0 Å². The molecule has 1 aliphatic rings. The van der Waals surface area contributed by atoms with E-state index in [0.29, 0.717) is 25.2 Å². The van der Waals surface area contributed by atoms with Crippen LogP contribution >= 0.6 is 0 Å². The monoisotopic (exact) mass is 321 g/mol. The van der Waals surface area contributed by atoms with E-state index < -0.39 is 10.9 Å². The first-order chi connectivity index (χ1) is 11.0. The first kappa shape index (κ1) is 16.9. The van der Waals surface area contributed by atoms with Gasteiger partial charge in [-0.2, -0.15) is 0 Å². The number of carboxylic acid groups (broad SMARTS) is 1. The van der Waals surface area contributed by atoms with Crippen LogP contribution in [-0.4, -0.2) is 46.4 Å². The van der Waals surface area contributed by atoms with Gasteiger partial charge in [-0.25, -0.2) is 0 Å². The highest BCUT2D eigenvalue weighted by molar-refractivity contribution is 5.90. The normalized spacial score (nSPS) is 18.3. The number of aliphatic carboxylic acids is 1. The number of nitro benzene ring substituents is 1. The molecule has 1 unspecified atom stereocenters. The maximum atomic E-state index is 11.9. The number of benzene rings is 1. The number of carbonyl (C=O) groups excluding carboxylic acids is 1. The zero-order valence-corrected chi connectivity index (χ0v) is 12.6. The van der Waals surface area contributed by atoms with E-state index in [1.54, 1.807) is 0 Å². The number of non-ortho nitro benzene ring substituents is 1. The highest BCUT2D eigenvalue weighted by Gasteiger charge is 2.25. The molecule has 1 fully saturated rings. The number of piperidine rings is 1. The average molecular weight is 321 g/mol. The van der Waals surface area contributed by atoms with E-state index in [1.165, 1.54) is 24.3 Å². The van der Waals surface area contributed by atoms with Gasteiger partial charge in [0.05, 0.1) is 10.8 Å². The highest BCUT2D eigenvalue weighted by Crippen LogP contribution is 2.18. The molecule has 8 nitrogen and oxygen atoms in total. The second kappa shape index (κ2) is 7.68. The number of nitrogens with zero attached hydrogens (tertiary/aromatic N) is 2. The number of hydrogen-bond acceptors (Lipinski definition) is 5. The van der Waals surface area contributed by atoms with Gasteiger partial charge in [0.15, 0.2) is 0 Å². The second-order valence-electron chi connectivity index (χ2n) is 5.58. The molecule has 124 valence electrons. The first-order valence-electron chi connectivity index (χ1n) is 7.45. The molecule has 23 heavy (non-hydrogen) atoms. The molecule has 0 radical (unpaired) electrons. The van der Waals surface area contributed by atoms with Crippen molar-refractivity contribution in [3.8, 4) is 0 Å². The summed E-state index contributed by atoms with van der Waals surface area (Å²) in [5.41, 5.74) is 0.471. The van der Waals surface area contributed by atoms with Crippen LogP contribution in [0.1, 0.15) is 19.3 Å². The van der Waals surface area contributed by atoms with Gasteiger partial charge in [0.2, 0.25) is 5.91 Å². The van der Waals surface area contributed by atoms with Gasteiger partial charge < -0.3 is 15.3 Å². The predicted octanol–water partition coefficient (Wildman–Crippen LogP) is 1.72. The minimum absolute atomic E-state index is 0.0315. The van der Waals surface area contributed by atoms with Gasteiger partial charge in [-0.05, 0) is 31.5 Å². The zero-order valence-electron chi connectivity index (χ0n) is 12.6. The van der Waals surface area contributed by atoms with E-state index in [1.807, 2.05) is 4.90 Å². The maximum absolute atomic E-state index is 11.9. The van der Waals surface area contributed by atoms with Crippen molar-refractivity contribution in [1.29, 1.82) is 0 Å². The molecule has 0 spiro atoms. The molecule has 0 aliphatic carbocycles. The molecule has 1 aromatic carbocycles. The molecule has 0 saturated carbocycles. The molecule has 1 aliphatic heterocycles. The van der Waals surface area contributed by atoms with Gasteiger partial charge in [-0.15, -0.1) is 0 Å². The predicted molar refractivity (Wildman–Crippen MR) is 83.1 cm³/mol. The van der Waals surface area contributed by atoms with E-state index in [4.69, 9.17) is 5.11 Å². The lowest BCUT2D eigenvalue weighted by Gasteiger charge is -2.30. The molecule has 0 bridgehead atoms. The lowest BCUT2D eigenvalue weighted by atomic mass is 9.98. The number of likely N-dealkylation sites (tertiary alicyclic amines) is 1. The number of anilines is 1. The molecule has 8 heteroatoms. The van der Waals surface area contributed by atoms with Gasteiger partial charge in [0.1, 0.15) is 0 Å². The number of nitro groups is 1. The minimum Gasteiger partial charge on any atom is -0.481 e. The Balaban J connectivity index is 1.78. The van der Waals surface area contributed by atoms with E-state index in [9.17, 15) is 19.7 Å². The van der Waals surface area contributed by atoms with Crippen molar-refractivity contribution in [2.45, 2.75) is 19.3 Å². The Kier molecular flexibility index (Phi) is 5.64. The van der Waals surface area contributed by atoms with Crippen molar-refractivity contribution >= 4 is 23.3 Å². The lowest BCUT2D eigenvalue weighted by molar-refractivity contribution is -0.384. The Bertz CT molecular complexity index is 587. The minimum atomic E-state index is -0.787. The summed E-state index contributed by atoms with van der Waals surface area (Å²) in [6, 6.07) is 5.63. The highest BCUT2D eigenvalue weighted by atomic mass is 16.6. The Hall–Kier alpha value is -2.48. The van der Waals surface area contributed by atoms with Gasteiger partial charge in [0, 0.05) is 37.3 Å². The second-order valence-corrected chi connectivity index (χ2v) is 5.58. The van der Waals surface area contributed by atoms with Crippen LogP contribution in [0.3, 0.4) is 0 Å². The Morgan fingerprint density at radius 1 is 1.35 bits per heavy atom. The van der Waals surface area contributed by atoms with Gasteiger partial charge in [-0.3, -0.25) is 19.7 Å². The fraction of sp³-hybridized carbons (Fsp3) is 0.467. The van der Waals surface area contributed by atoms with E-state index >= 15 is 0 Å². The number of hydrogen-bond donors (Lipinski definition) is 2. The summed E-state index contributed by atoms with van der Waals surface area (Å²) in [7, 11) is 0. The number of amides is 1. The van der Waals surface area contributed by atoms with Crippen LogP contribution in [0.25, 0.3) is 0 Å². The van der Waals surface area contributed by atoms with Crippen molar-refractivity contribution in [2.75, 3.05) is 25.0 Å². The fourth-order valence-electron chi connectivity index (χ4n) is 2.61. The van der Waals surface area contributed by atoms with Crippen LogP contribution < -0.4 is 5.32 Å². The van der Waals surface area contributed by atoms with Gasteiger partial charge >= 0.3 is 5.97 Å². The first-order valence-corrected chi connectivity index (χ1v) is 7.45. The third-order valence-corrected chi connectivity index (χ3v) is 3.87. The molecule has 2 rings (SSSR count). The Morgan fingerprint density at radius 3 is 2.65 bits per heavy atom. The SMILES string of the molecule is O=C(CCN1CCCC(C(=O)O)C1)Nc1ccc([N+](=O)[O-])cc1. The Labute approximate surface area is 133 Å². The molecule has 2 N–H and O–H groups in total. The summed E-state index contributed by atoms with van der Waals surface area (Å²) >= 11 is 0. The lowest BCUT2D eigenvalue weighted by Crippen LogP contribution is -2.40. The van der Waals surface area contributed by atoms with Crippen molar-refractivity contribution in [1.82, 2.24) is 4.90 Å². The molecule has 1 atom stereocenters. The molecule has 1 heterocycles. The zero-order chi connectivity index (χ0) is 16.8.